The van der Waals surface area contributed by atoms with E-state index in [0.29, 0.717) is 15.7 Å². The van der Waals surface area contributed by atoms with Gasteiger partial charge < -0.3 is 19.3 Å². The van der Waals surface area contributed by atoms with Crippen LogP contribution >= 0.6 is 0 Å². The lowest BCUT2D eigenvalue weighted by Crippen LogP contribution is -2.53. The molecule has 170 valence electrons. The maximum absolute atomic E-state index is 13.0. The molecule has 1 aliphatic rings. The van der Waals surface area contributed by atoms with Crippen LogP contribution in [0.15, 0.2) is 48.5 Å². The summed E-state index contributed by atoms with van der Waals surface area (Å²) in [6.07, 6.45) is 1.91. The fourth-order valence-electron chi connectivity index (χ4n) is 4.13. The summed E-state index contributed by atoms with van der Waals surface area (Å²) in [6, 6.07) is 14.8. The summed E-state index contributed by atoms with van der Waals surface area (Å²) in [5.74, 6) is -1.02. The first-order valence-electron chi connectivity index (χ1n) is 11.0. The topological polar surface area (TPSA) is 81.7 Å². The number of nitrogens with one attached hydrogen (secondary N) is 1. The Morgan fingerprint density at radius 2 is 1.66 bits per heavy atom. The van der Waals surface area contributed by atoms with Gasteiger partial charge in [0.15, 0.2) is 13.1 Å². The van der Waals surface area contributed by atoms with Crippen molar-refractivity contribution < 1.29 is 28.3 Å². The van der Waals surface area contributed by atoms with Crippen LogP contribution in [0.25, 0.3) is 0 Å². The molecule has 2 aromatic rings. The number of likely N-dealkylation sites (tertiary alicyclic amines) is 1. The summed E-state index contributed by atoms with van der Waals surface area (Å²) in [6.45, 7) is 5.83. The zero-order valence-corrected chi connectivity index (χ0v) is 18.8. The van der Waals surface area contributed by atoms with E-state index in [1.807, 2.05) is 43.3 Å². The van der Waals surface area contributed by atoms with Crippen LogP contribution in [-0.4, -0.2) is 55.1 Å². The van der Waals surface area contributed by atoms with Crippen LogP contribution in [0.3, 0.4) is 0 Å². The number of aryl methyl sites for hydroxylation is 1. The molecule has 0 aromatic heterocycles. The highest BCUT2D eigenvalue weighted by Gasteiger charge is 2.37. The molecule has 1 saturated heterocycles. The zero-order chi connectivity index (χ0) is 23.0. The van der Waals surface area contributed by atoms with Gasteiger partial charge in [-0.25, -0.2) is 9.59 Å². The average Bonchev–Trinajstić information content (AvgIpc) is 3.22. The molecular weight excluding hydrogens is 408 g/mol. The Kier molecular flexibility index (Phi) is 8.00. The first kappa shape index (κ1) is 23.5. The van der Waals surface area contributed by atoms with Gasteiger partial charge in [0.1, 0.15) is 6.61 Å². The minimum Gasteiger partial charge on any atom is -0.462 e. The molecule has 1 heterocycles. The smallest absolute Gasteiger partial charge is 0.362 e. The molecule has 0 atom stereocenters. The van der Waals surface area contributed by atoms with Crippen molar-refractivity contribution in [3.8, 4) is 0 Å². The lowest BCUT2D eigenvalue weighted by Gasteiger charge is -2.32. The third-order valence-electron chi connectivity index (χ3n) is 5.73. The number of para-hydroxylation sites is 1. The van der Waals surface area contributed by atoms with Gasteiger partial charge in [-0.15, -0.1) is 0 Å². The van der Waals surface area contributed by atoms with Crippen molar-refractivity contribution in [2.75, 3.05) is 38.1 Å². The molecule has 2 aromatic carbocycles. The molecule has 1 amide bonds. The molecule has 0 spiro atoms. The molecule has 1 fully saturated rings. The highest BCUT2D eigenvalue weighted by atomic mass is 16.5. The molecule has 0 saturated carbocycles. The van der Waals surface area contributed by atoms with E-state index >= 15 is 0 Å². The minimum atomic E-state index is -0.471. The summed E-state index contributed by atoms with van der Waals surface area (Å²) in [5, 5.41) is 2.89. The molecule has 0 bridgehead atoms. The van der Waals surface area contributed by atoms with Gasteiger partial charge in [0.05, 0.1) is 30.9 Å². The predicted octanol–water partition coefficient (Wildman–Crippen LogP) is 3.46. The van der Waals surface area contributed by atoms with Crippen molar-refractivity contribution >= 4 is 23.5 Å². The van der Waals surface area contributed by atoms with Crippen molar-refractivity contribution in [3.63, 3.8) is 0 Å². The number of carbonyl (C=O) groups excluding carboxylic acids is 3. The molecule has 0 radical (unpaired) electrons. The van der Waals surface area contributed by atoms with Crippen LogP contribution in [-0.2, 0) is 25.7 Å². The van der Waals surface area contributed by atoms with E-state index in [0.717, 1.165) is 37.1 Å². The van der Waals surface area contributed by atoms with Gasteiger partial charge in [-0.05, 0) is 31.0 Å². The lowest BCUT2D eigenvalue weighted by atomic mass is 10.1. The molecule has 7 nitrogen and oxygen atoms in total. The maximum Gasteiger partial charge on any atom is 0.362 e. The second-order valence-electron chi connectivity index (χ2n) is 8.22. The van der Waals surface area contributed by atoms with Gasteiger partial charge in [0.2, 0.25) is 0 Å². The number of benzene rings is 2. The van der Waals surface area contributed by atoms with Crippen LogP contribution in [0.1, 0.15) is 41.3 Å². The zero-order valence-electron chi connectivity index (χ0n) is 18.8. The summed E-state index contributed by atoms with van der Waals surface area (Å²) in [7, 11) is 0. The quantitative estimate of drug-likeness (QED) is 0.478. The van der Waals surface area contributed by atoms with E-state index in [1.54, 1.807) is 19.1 Å². The van der Waals surface area contributed by atoms with Gasteiger partial charge in [-0.3, -0.25) is 4.79 Å². The molecule has 1 N–H and O–H groups in total. The van der Waals surface area contributed by atoms with Gasteiger partial charge in [-0.1, -0.05) is 42.5 Å². The number of quaternary nitrogens is 1. The Labute approximate surface area is 188 Å². The number of amides is 1. The van der Waals surface area contributed by atoms with Crippen LogP contribution in [0.5, 0.6) is 0 Å². The van der Waals surface area contributed by atoms with E-state index < -0.39 is 5.97 Å². The van der Waals surface area contributed by atoms with E-state index in [-0.39, 0.29) is 38.2 Å². The van der Waals surface area contributed by atoms with Crippen molar-refractivity contribution in [2.24, 2.45) is 0 Å². The second-order valence-corrected chi connectivity index (χ2v) is 8.22. The highest BCUT2D eigenvalue weighted by Crippen LogP contribution is 2.24. The highest BCUT2D eigenvalue weighted by molar-refractivity contribution is 6.02. The Bertz CT molecular complexity index is 952. The molecule has 3 rings (SSSR count). The fraction of sp³-hybridized carbons (Fsp3) is 0.400. The average molecular weight is 440 g/mol. The number of esters is 2. The fourth-order valence-corrected chi connectivity index (χ4v) is 4.13. The lowest BCUT2D eigenvalue weighted by molar-refractivity contribution is -0.902. The second kappa shape index (κ2) is 10.9. The third-order valence-corrected chi connectivity index (χ3v) is 5.73. The van der Waals surface area contributed by atoms with Gasteiger partial charge >= 0.3 is 11.9 Å². The largest absolute Gasteiger partial charge is 0.462 e. The van der Waals surface area contributed by atoms with E-state index in [2.05, 4.69) is 5.32 Å². The molecule has 32 heavy (non-hydrogen) atoms. The van der Waals surface area contributed by atoms with Crippen LogP contribution in [0.4, 0.5) is 5.69 Å². The number of anilines is 1. The maximum atomic E-state index is 13.0. The van der Waals surface area contributed by atoms with Crippen molar-refractivity contribution in [1.29, 1.82) is 0 Å². The summed E-state index contributed by atoms with van der Waals surface area (Å²) in [5.41, 5.74) is 2.49. The molecule has 7 heteroatoms. The number of rotatable bonds is 9. The predicted molar refractivity (Wildman–Crippen MR) is 121 cm³/mol. The normalized spacial score (nSPS) is 14.6. The van der Waals surface area contributed by atoms with Crippen molar-refractivity contribution in [3.05, 3.63) is 65.2 Å². The number of hydrogen-bond donors (Lipinski definition) is 1. The number of nitrogens with zero attached hydrogens (tertiary/aromatic N) is 1. The van der Waals surface area contributed by atoms with E-state index in [1.165, 1.54) is 0 Å². The van der Waals surface area contributed by atoms with Gasteiger partial charge in [-0.2, -0.15) is 0 Å². The van der Waals surface area contributed by atoms with Crippen LogP contribution in [0, 0.1) is 6.92 Å². The summed E-state index contributed by atoms with van der Waals surface area (Å²) < 4.78 is 10.9. The minimum absolute atomic E-state index is 0.150. The third kappa shape index (κ3) is 6.17. The standard InChI is InChI=1S/C25H30N2O5/c1-3-31-25(30)21-13-9-10-19(2)24(21)26-22(28)16-27(14-7-8-15-27)17-23(29)32-18-20-11-5-4-6-12-20/h4-6,9-13H,3,7-8,14-18H2,1-2H3/p+1. The number of ether oxygens (including phenoxy) is 2. The van der Waals surface area contributed by atoms with E-state index in [9.17, 15) is 14.4 Å². The van der Waals surface area contributed by atoms with E-state index in [4.69, 9.17) is 9.47 Å². The SMILES string of the molecule is CCOC(=O)c1cccc(C)c1NC(=O)C[N+]1(CC(=O)OCc2ccccc2)CCCC1. The Morgan fingerprint density at radius 3 is 2.34 bits per heavy atom. The Balaban J connectivity index is 1.65. The molecule has 1 aliphatic heterocycles. The number of hydrogen-bond acceptors (Lipinski definition) is 5. The van der Waals surface area contributed by atoms with Crippen LogP contribution < -0.4 is 5.32 Å². The van der Waals surface area contributed by atoms with Gasteiger partial charge in [0, 0.05) is 12.8 Å². The van der Waals surface area contributed by atoms with Crippen molar-refractivity contribution in [1.82, 2.24) is 0 Å². The Hall–Kier alpha value is -3.19. The first-order chi connectivity index (χ1) is 15.4. The van der Waals surface area contributed by atoms with Gasteiger partial charge in [0.25, 0.3) is 5.91 Å². The molecule has 0 unspecified atom stereocenters. The molecular formula is C25H31N2O5+. The summed E-state index contributed by atoms with van der Waals surface area (Å²) in [4.78, 5) is 37.8. The molecule has 0 aliphatic carbocycles. The number of carbonyl (C=O) groups is 3. The van der Waals surface area contributed by atoms with Crippen molar-refractivity contribution in [2.45, 2.75) is 33.3 Å². The monoisotopic (exact) mass is 439 g/mol. The first-order valence-corrected chi connectivity index (χ1v) is 11.0. The Morgan fingerprint density at radius 1 is 0.938 bits per heavy atom. The summed E-state index contributed by atoms with van der Waals surface area (Å²) >= 11 is 0. The van der Waals surface area contributed by atoms with Crippen LogP contribution in [0.2, 0.25) is 0 Å².